The smallest absolute Gasteiger partial charge is 0.251 e. The van der Waals surface area contributed by atoms with Crippen molar-refractivity contribution in [3.8, 4) is 5.75 Å². The number of carbonyl (C=O) groups is 1. The first-order valence-corrected chi connectivity index (χ1v) is 6.69. The van der Waals surface area contributed by atoms with Crippen molar-refractivity contribution in [3.63, 3.8) is 0 Å². The highest BCUT2D eigenvalue weighted by molar-refractivity contribution is 5.94. The molecule has 0 saturated carbocycles. The van der Waals surface area contributed by atoms with E-state index in [2.05, 4.69) is 5.32 Å². The normalized spacial score (nSPS) is 26.8. The molecule has 1 fully saturated rings. The van der Waals surface area contributed by atoms with Crippen LogP contribution in [0.4, 0.5) is 0 Å². The Morgan fingerprint density at radius 2 is 1.79 bits per heavy atom. The highest BCUT2D eigenvalue weighted by Crippen LogP contribution is 2.19. The lowest BCUT2D eigenvalue weighted by atomic mass is 9.99. The molecule has 1 saturated heterocycles. The van der Waals surface area contributed by atoms with Gasteiger partial charge in [0.15, 0.2) is 0 Å². The molecule has 1 aromatic rings. The van der Waals surface area contributed by atoms with E-state index in [1.807, 2.05) is 13.8 Å². The van der Waals surface area contributed by atoms with E-state index in [1.54, 1.807) is 31.4 Å². The summed E-state index contributed by atoms with van der Waals surface area (Å²) in [7, 11) is 1.61. The Labute approximate surface area is 114 Å². The summed E-state index contributed by atoms with van der Waals surface area (Å²) in [5.41, 5.74) is 0.660. The number of amides is 1. The largest absolute Gasteiger partial charge is 0.497 e. The number of ether oxygens (including phenoxy) is 2. The Morgan fingerprint density at radius 3 is 2.32 bits per heavy atom. The second-order valence-electron chi connectivity index (χ2n) is 5.13. The summed E-state index contributed by atoms with van der Waals surface area (Å²) in [6.45, 7) is 4.09. The van der Waals surface area contributed by atoms with Crippen molar-refractivity contribution in [2.45, 2.75) is 44.9 Å². The molecule has 104 valence electrons. The van der Waals surface area contributed by atoms with Gasteiger partial charge < -0.3 is 14.8 Å². The Hall–Kier alpha value is -1.55. The van der Waals surface area contributed by atoms with E-state index in [4.69, 9.17) is 9.47 Å². The van der Waals surface area contributed by atoms with Crippen molar-refractivity contribution in [3.05, 3.63) is 29.8 Å². The molecule has 0 aliphatic carbocycles. The van der Waals surface area contributed by atoms with Crippen molar-refractivity contribution in [2.75, 3.05) is 7.11 Å². The van der Waals surface area contributed by atoms with Crippen LogP contribution in [0.1, 0.15) is 37.0 Å². The van der Waals surface area contributed by atoms with Gasteiger partial charge in [0, 0.05) is 11.6 Å². The van der Waals surface area contributed by atoms with Crippen molar-refractivity contribution in [1.29, 1.82) is 0 Å². The number of rotatable bonds is 3. The topological polar surface area (TPSA) is 47.6 Å². The van der Waals surface area contributed by atoms with E-state index in [0.717, 1.165) is 18.6 Å². The Bertz CT molecular complexity index is 420. The number of hydrogen-bond acceptors (Lipinski definition) is 3. The summed E-state index contributed by atoms with van der Waals surface area (Å²) < 4.78 is 10.7. The molecule has 3 atom stereocenters. The first kappa shape index (κ1) is 13.9. The van der Waals surface area contributed by atoms with Crippen LogP contribution in [0.2, 0.25) is 0 Å². The third kappa shape index (κ3) is 3.70. The molecule has 0 radical (unpaired) electrons. The maximum absolute atomic E-state index is 12.1. The average molecular weight is 263 g/mol. The van der Waals surface area contributed by atoms with Gasteiger partial charge in [-0.2, -0.15) is 0 Å². The Kier molecular flexibility index (Phi) is 4.43. The van der Waals surface area contributed by atoms with Crippen LogP contribution < -0.4 is 10.1 Å². The van der Waals surface area contributed by atoms with Crippen molar-refractivity contribution in [1.82, 2.24) is 5.32 Å². The van der Waals surface area contributed by atoms with E-state index in [-0.39, 0.29) is 24.2 Å². The number of methoxy groups -OCH3 is 1. The first-order chi connectivity index (χ1) is 9.08. The molecule has 1 unspecified atom stereocenters. The molecule has 1 N–H and O–H groups in total. The fourth-order valence-corrected chi connectivity index (χ4v) is 2.53. The SMILES string of the molecule is COc1ccc(C(=O)NC2C[C@@H](C)O[C@@H](C)C2)cc1. The minimum absolute atomic E-state index is 0.0334. The predicted molar refractivity (Wildman–Crippen MR) is 73.5 cm³/mol. The van der Waals surface area contributed by atoms with Crippen LogP contribution in [-0.2, 0) is 4.74 Å². The summed E-state index contributed by atoms with van der Waals surface area (Å²) in [4.78, 5) is 12.1. The standard InChI is InChI=1S/C15H21NO3/c1-10-8-13(9-11(2)19-10)16-15(17)12-4-6-14(18-3)7-5-12/h4-7,10-11,13H,8-9H2,1-3H3,(H,16,17)/t10-,11+,13?. The van der Waals surface area contributed by atoms with Gasteiger partial charge in [-0.1, -0.05) is 0 Å². The summed E-state index contributed by atoms with van der Waals surface area (Å²) in [6, 6.07) is 7.34. The van der Waals surface area contributed by atoms with Crippen molar-refractivity contribution in [2.24, 2.45) is 0 Å². The lowest BCUT2D eigenvalue weighted by Gasteiger charge is -2.32. The van der Waals surface area contributed by atoms with Crippen molar-refractivity contribution < 1.29 is 14.3 Å². The fraction of sp³-hybridized carbons (Fsp3) is 0.533. The van der Waals surface area contributed by atoms with Crippen LogP contribution in [0.5, 0.6) is 5.75 Å². The number of hydrogen-bond donors (Lipinski definition) is 1. The number of benzene rings is 1. The molecular weight excluding hydrogens is 242 g/mol. The predicted octanol–water partition coefficient (Wildman–Crippen LogP) is 2.38. The highest BCUT2D eigenvalue weighted by Gasteiger charge is 2.25. The molecule has 0 bridgehead atoms. The molecule has 1 amide bonds. The second kappa shape index (κ2) is 6.06. The van der Waals surface area contributed by atoms with Crippen LogP contribution in [-0.4, -0.2) is 31.3 Å². The molecule has 0 aromatic heterocycles. The molecule has 1 aliphatic heterocycles. The second-order valence-corrected chi connectivity index (χ2v) is 5.13. The van der Waals surface area contributed by atoms with Crippen LogP contribution >= 0.6 is 0 Å². The summed E-state index contributed by atoms with van der Waals surface area (Å²) in [5.74, 6) is 0.721. The Balaban J connectivity index is 1.96. The fourth-order valence-electron chi connectivity index (χ4n) is 2.53. The zero-order valence-electron chi connectivity index (χ0n) is 11.7. The van der Waals surface area contributed by atoms with Gasteiger partial charge in [0.1, 0.15) is 5.75 Å². The zero-order valence-corrected chi connectivity index (χ0v) is 11.7. The summed E-state index contributed by atoms with van der Waals surface area (Å²) in [5, 5.41) is 3.07. The highest BCUT2D eigenvalue weighted by atomic mass is 16.5. The van der Waals surface area contributed by atoms with Crippen LogP contribution in [0.3, 0.4) is 0 Å². The summed E-state index contributed by atoms with van der Waals surface area (Å²) >= 11 is 0. The quantitative estimate of drug-likeness (QED) is 0.910. The zero-order chi connectivity index (χ0) is 13.8. The van der Waals surface area contributed by atoms with E-state index < -0.39 is 0 Å². The third-order valence-electron chi connectivity index (χ3n) is 3.38. The van der Waals surface area contributed by atoms with Gasteiger partial charge in [-0.05, 0) is 51.0 Å². The Morgan fingerprint density at radius 1 is 1.21 bits per heavy atom. The maximum atomic E-state index is 12.1. The van der Waals surface area contributed by atoms with Gasteiger partial charge in [-0.3, -0.25) is 4.79 Å². The maximum Gasteiger partial charge on any atom is 0.251 e. The van der Waals surface area contributed by atoms with Crippen LogP contribution in [0.15, 0.2) is 24.3 Å². The minimum atomic E-state index is -0.0334. The molecule has 4 nitrogen and oxygen atoms in total. The van der Waals surface area contributed by atoms with Crippen LogP contribution in [0.25, 0.3) is 0 Å². The van der Waals surface area contributed by atoms with Gasteiger partial charge in [0.25, 0.3) is 5.91 Å². The summed E-state index contributed by atoms with van der Waals surface area (Å²) in [6.07, 6.45) is 2.13. The van der Waals surface area contributed by atoms with Gasteiger partial charge in [0.2, 0.25) is 0 Å². The first-order valence-electron chi connectivity index (χ1n) is 6.69. The minimum Gasteiger partial charge on any atom is -0.497 e. The average Bonchev–Trinajstić information content (AvgIpc) is 2.37. The third-order valence-corrected chi connectivity index (χ3v) is 3.38. The van der Waals surface area contributed by atoms with E-state index in [9.17, 15) is 4.79 Å². The van der Waals surface area contributed by atoms with E-state index in [1.165, 1.54) is 0 Å². The van der Waals surface area contributed by atoms with Gasteiger partial charge >= 0.3 is 0 Å². The molecule has 1 aliphatic rings. The molecule has 19 heavy (non-hydrogen) atoms. The molecule has 2 rings (SSSR count). The van der Waals surface area contributed by atoms with Gasteiger partial charge in [0.05, 0.1) is 19.3 Å². The molecular formula is C15H21NO3. The lowest BCUT2D eigenvalue weighted by Crippen LogP contribution is -2.43. The molecule has 1 heterocycles. The van der Waals surface area contributed by atoms with Crippen LogP contribution in [0, 0.1) is 0 Å². The van der Waals surface area contributed by atoms with E-state index >= 15 is 0 Å². The van der Waals surface area contributed by atoms with E-state index in [0.29, 0.717) is 5.56 Å². The lowest BCUT2D eigenvalue weighted by molar-refractivity contribution is -0.0408. The molecule has 4 heteroatoms. The van der Waals surface area contributed by atoms with Crippen molar-refractivity contribution >= 4 is 5.91 Å². The van der Waals surface area contributed by atoms with Gasteiger partial charge in [-0.25, -0.2) is 0 Å². The number of nitrogens with one attached hydrogen (secondary N) is 1. The monoisotopic (exact) mass is 263 g/mol. The molecule has 1 aromatic carbocycles. The van der Waals surface area contributed by atoms with Gasteiger partial charge in [-0.15, -0.1) is 0 Å². The molecule has 0 spiro atoms. The number of carbonyl (C=O) groups excluding carboxylic acids is 1.